The Morgan fingerprint density at radius 3 is 2.45 bits per heavy atom. The standard InChI is InChI=1S/C23H16F4O4/c24-14-2-1-3-15(8-14)31-16-9-17(22(27)20(26)10-16)12-4-5-21(19(25)7-12)30-11-13-6-18(13)23(28)29/h1-5,7-10,13,18H,6,11H2,(H,28,29)/t13-,18+/m0/s1. The number of hydrogen-bond acceptors (Lipinski definition) is 3. The molecule has 0 aromatic heterocycles. The zero-order valence-electron chi connectivity index (χ0n) is 15.9. The molecule has 0 bridgehead atoms. The highest BCUT2D eigenvalue weighted by molar-refractivity contribution is 5.73. The van der Waals surface area contributed by atoms with Crippen LogP contribution in [0.15, 0.2) is 54.6 Å². The molecule has 0 amide bonds. The minimum atomic E-state index is -1.21. The van der Waals surface area contributed by atoms with Crippen LogP contribution in [0, 0.1) is 35.1 Å². The quantitative estimate of drug-likeness (QED) is 0.480. The van der Waals surface area contributed by atoms with Crippen molar-refractivity contribution in [3.63, 3.8) is 0 Å². The van der Waals surface area contributed by atoms with Crippen molar-refractivity contribution in [2.45, 2.75) is 6.42 Å². The number of carboxylic acid groups (broad SMARTS) is 1. The number of carboxylic acids is 1. The molecule has 2 atom stereocenters. The van der Waals surface area contributed by atoms with Crippen LogP contribution in [0.2, 0.25) is 0 Å². The monoisotopic (exact) mass is 432 g/mol. The van der Waals surface area contributed by atoms with Crippen molar-refractivity contribution in [1.29, 1.82) is 0 Å². The molecule has 1 saturated carbocycles. The zero-order valence-corrected chi connectivity index (χ0v) is 15.9. The van der Waals surface area contributed by atoms with Gasteiger partial charge in [-0.3, -0.25) is 4.79 Å². The number of carbonyl (C=O) groups is 1. The van der Waals surface area contributed by atoms with E-state index in [0.29, 0.717) is 6.42 Å². The smallest absolute Gasteiger partial charge is 0.306 e. The van der Waals surface area contributed by atoms with E-state index in [1.165, 1.54) is 36.4 Å². The lowest BCUT2D eigenvalue weighted by atomic mass is 10.0. The van der Waals surface area contributed by atoms with Gasteiger partial charge in [-0.25, -0.2) is 17.6 Å². The highest BCUT2D eigenvalue weighted by atomic mass is 19.2. The Balaban J connectivity index is 1.55. The molecule has 1 N–H and O–H groups in total. The van der Waals surface area contributed by atoms with E-state index in [1.807, 2.05) is 0 Å². The number of halogens is 4. The molecule has 160 valence electrons. The van der Waals surface area contributed by atoms with Crippen molar-refractivity contribution in [2.75, 3.05) is 6.61 Å². The molecule has 31 heavy (non-hydrogen) atoms. The highest BCUT2D eigenvalue weighted by Crippen LogP contribution is 2.39. The molecule has 0 radical (unpaired) electrons. The molecule has 8 heteroatoms. The predicted molar refractivity (Wildman–Crippen MR) is 103 cm³/mol. The molecule has 0 unspecified atom stereocenters. The summed E-state index contributed by atoms with van der Waals surface area (Å²) in [6.45, 7) is 0.0488. The Bertz CT molecular complexity index is 1150. The summed E-state index contributed by atoms with van der Waals surface area (Å²) in [6.07, 6.45) is 0.470. The van der Waals surface area contributed by atoms with E-state index in [0.717, 1.165) is 18.2 Å². The van der Waals surface area contributed by atoms with E-state index in [2.05, 4.69) is 0 Å². The van der Waals surface area contributed by atoms with Gasteiger partial charge in [0.15, 0.2) is 23.2 Å². The van der Waals surface area contributed by atoms with Gasteiger partial charge in [0.1, 0.15) is 17.3 Å². The van der Waals surface area contributed by atoms with Crippen LogP contribution >= 0.6 is 0 Å². The lowest BCUT2D eigenvalue weighted by Gasteiger charge is -2.12. The first-order valence-electron chi connectivity index (χ1n) is 9.40. The highest BCUT2D eigenvalue weighted by Gasteiger charge is 2.43. The maximum absolute atomic E-state index is 14.5. The van der Waals surface area contributed by atoms with Crippen LogP contribution in [0.25, 0.3) is 11.1 Å². The fourth-order valence-electron chi connectivity index (χ4n) is 3.22. The van der Waals surface area contributed by atoms with Crippen LogP contribution in [0.5, 0.6) is 17.2 Å². The summed E-state index contributed by atoms with van der Waals surface area (Å²) in [5.41, 5.74) is -0.203. The van der Waals surface area contributed by atoms with Gasteiger partial charge in [0, 0.05) is 23.6 Å². The minimum absolute atomic E-state index is 0.0424. The number of benzene rings is 3. The minimum Gasteiger partial charge on any atom is -0.490 e. The molecular formula is C23H16F4O4. The lowest BCUT2D eigenvalue weighted by Crippen LogP contribution is -2.07. The second kappa shape index (κ2) is 8.29. The van der Waals surface area contributed by atoms with Crippen LogP contribution in [-0.4, -0.2) is 17.7 Å². The summed E-state index contributed by atoms with van der Waals surface area (Å²) < 4.78 is 67.0. The van der Waals surface area contributed by atoms with Crippen LogP contribution in [0.4, 0.5) is 17.6 Å². The third-order valence-corrected chi connectivity index (χ3v) is 4.97. The number of ether oxygens (including phenoxy) is 2. The van der Waals surface area contributed by atoms with E-state index in [4.69, 9.17) is 14.6 Å². The first-order chi connectivity index (χ1) is 14.8. The van der Waals surface area contributed by atoms with E-state index in [9.17, 15) is 22.4 Å². The van der Waals surface area contributed by atoms with Crippen molar-refractivity contribution >= 4 is 5.97 Å². The summed E-state index contributed by atoms with van der Waals surface area (Å²) in [4.78, 5) is 10.8. The molecule has 4 nitrogen and oxygen atoms in total. The summed E-state index contributed by atoms with van der Waals surface area (Å²) in [5, 5.41) is 8.89. The van der Waals surface area contributed by atoms with Gasteiger partial charge in [0.05, 0.1) is 12.5 Å². The normalized spacial score (nSPS) is 17.3. The van der Waals surface area contributed by atoms with Gasteiger partial charge in [-0.15, -0.1) is 0 Å². The molecule has 3 aromatic carbocycles. The Labute approximate surface area is 174 Å². The van der Waals surface area contributed by atoms with Crippen LogP contribution in [-0.2, 0) is 4.79 Å². The van der Waals surface area contributed by atoms with Crippen molar-refractivity contribution in [3.05, 3.63) is 77.9 Å². The molecule has 1 fully saturated rings. The fourth-order valence-corrected chi connectivity index (χ4v) is 3.22. The molecule has 0 spiro atoms. The molecular weight excluding hydrogens is 416 g/mol. The topological polar surface area (TPSA) is 55.8 Å². The largest absolute Gasteiger partial charge is 0.490 e. The van der Waals surface area contributed by atoms with Crippen LogP contribution in [0.1, 0.15) is 6.42 Å². The number of aliphatic carboxylic acids is 1. The summed E-state index contributed by atoms with van der Waals surface area (Å²) >= 11 is 0. The fraction of sp³-hybridized carbons (Fsp3) is 0.174. The van der Waals surface area contributed by atoms with E-state index in [-0.39, 0.29) is 40.9 Å². The van der Waals surface area contributed by atoms with Gasteiger partial charge in [-0.2, -0.15) is 0 Å². The lowest BCUT2D eigenvalue weighted by molar-refractivity contribution is -0.138. The second-order valence-electron chi connectivity index (χ2n) is 7.22. The maximum atomic E-state index is 14.5. The Morgan fingerprint density at radius 1 is 0.968 bits per heavy atom. The summed E-state index contributed by atoms with van der Waals surface area (Å²) in [5.74, 6) is -5.46. The molecule has 1 aliphatic rings. The van der Waals surface area contributed by atoms with Gasteiger partial charge in [0.2, 0.25) is 0 Å². The van der Waals surface area contributed by atoms with Crippen molar-refractivity contribution in [2.24, 2.45) is 11.8 Å². The Kier molecular flexibility index (Phi) is 5.54. The SMILES string of the molecule is O=C(O)[C@@H]1C[C@H]1COc1ccc(-c2cc(Oc3cccc(F)c3)cc(F)c2F)cc1F. The van der Waals surface area contributed by atoms with Gasteiger partial charge in [-0.1, -0.05) is 12.1 Å². The molecule has 0 saturated heterocycles. The van der Waals surface area contributed by atoms with E-state index in [1.54, 1.807) is 0 Å². The third kappa shape index (κ3) is 4.63. The average molecular weight is 432 g/mol. The van der Waals surface area contributed by atoms with Gasteiger partial charge in [-0.05, 0) is 42.3 Å². The first-order valence-corrected chi connectivity index (χ1v) is 9.40. The average Bonchev–Trinajstić information content (AvgIpc) is 3.50. The van der Waals surface area contributed by atoms with E-state index < -0.39 is 35.2 Å². The Hall–Kier alpha value is -3.55. The number of rotatable bonds is 7. The maximum Gasteiger partial charge on any atom is 0.306 e. The molecule has 4 rings (SSSR count). The predicted octanol–water partition coefficient (Wildman–Crippen LogP) is 5.80. The van der Waals surface area contributed by atoms with Crippen LogP contribution in [0.3, 0.4) is 0 Å². The van der Waals surface area contributed by atoms with Gasteiger partial charge < -0.3 is 14.6 Å². The molecule has 0 heterocycles. The second-order valence-corrected chi connectivity index (χ2v) is 7.22. The molecule has 1 aliphatic carbocycles. The van der Waals surface area contributed by atoms with Gasteiger partial charge >= 0.3 is 5.97 Å². The molecule has 3 aromatic rings. The Morgan fingerprint density at radius 2 is 1.77 bits per heavy atom. The number of hydrogen-bond donors (Lipinski definition) is 1. The van der Waals surface area contributed by atoms with Crippen LogP contribution < -0.4 is 9.47 Å². The van der Waals surface area contributed by atoms with Crippen molar-refractivity contribution in [3.8, 4) is 28.4 Å². The van der Waals surface area contributed by atoms with Gasteiger partial charge in [0.25, 0.3) is 0 Å². The zero-order chi connectivity index (χ0) is 22.1. The van der Waals surface area contributed by atoms with Crippen molar-refractivity contribution < 1.29 is 36.9 Å². The molecule has 0 aliphatic heterocycles. The van der Waals surface area contributed by atoms with E-state index >= 15 is 0 Å². The first kappa shape index (κ1) is 20.7. The summed E-state index contributed by atoms with van der Waals surface area (Å²) in [6, 6.07) is 10.7. The van der Waals surface area contributed by atoms with Crippen molar-refractivity contribution in [1.82, 2.24) is 0 Å². The third-order valence-electron chi connectivity index (χ3n) is 4.97. The summed E-state index contributed by atoms with van der Waals surface area (Å²) in [7, 11) is 0.